The Labute approximate surface area is 117 Å². The first kappa shape index (κ1) is 14.7. The minimum absolute atomic E-state index is 0.0869. The average molecular weight is 294 g/mol. The number of hydrogen-bond donors (Lipinski definition) is 1. The molecule has 0 radical (unpaired) electrons. The Morgan fingerprint density at radius 1 is 1.24 bits per heavy atom. The molecule has 0 aliphatic heterocycles. The van der Waals surface area contributed by atoms with Crippen LogP contribution in [-0.2, 0) is 0 Å². The van der Waals surface area contributed by atoms with Crippen molar-refractivity contribution in [2.45, 2.75) is 13.8 Å². The van der Waals surface area contributed by atoms with E-state index in [1.165, 1.54) is 0 Å². The molecule has 0 saturated carbocycles. The maximum absolute atomic E-state index is 13.5. The molecule has 2 rings (SSSR count). The van der Waals surface area contributed by atoms with E-state index in [2.05, 4.69) is 5.32 Å². The first-order valence-corrected chi connectivity index (χ1v) is 5.81. The molecule has 4 nitrogen and oxygen atoms in total. The molecule has 0 saturated heterocycles. The summed E-state index contributed by atoms with van der Waals surface area (Å²) in [5, 5.41) is 11.2. The van der Waals surface area contributed by atoms with Gasteiger partial charge in [-0.05, 0) is 26.0 Å². The van der Waals surface area contributed by atoms with E-state index in [9.17, 15) is 18.0 Å². The van der Waals surface area contributed by atoms with Gasteiger partial charge >= 0.3 is 0 Å². The van der Waals surface area contributed by atoms with Crippen molar-refractivity contribution >= 4 is 11.8 Å². The maximum Gasteiger partial charge on any atom is 0.261 e. The fraction of sp³-hybridized carbons (Fsp3) is 0.143. The van der Waals surface area contributed by atoms with Gasteiger partial charge in [0.2, 0.25) is 5.88 Å². The van der Waals surface area contributed by atoms with Crippen LogP contribution in [0.3, 0.4) is 0 Å². The standard InChI is InChI=1S/C14H9F3N2O2/c1-6-7(2)21-14(9(6)5-18)19-13(20)8-3-4-10(15)12(17)11(8)16/h3-4H,1-2H3,(H,19,20). The molecule has 0 bridgehead atoms. The number of benzene rings is 1. The van der Waals surface area contributed by atoms with E-state index in [1.54, 1.807) is 13.8 Å². The molecule has 2 aromatic rings. The highest BCUT2D eigenvalue weighted by molar-refractivity contribution is 6.04. The number of aryl methyl sites for hydroxylation is 1. The molecule has 0 spiro atoms. The minimum atomic E-state index is -1.74. The van der Waals surface area contributed by atoms with Crippen molar-refractivity contribution in [3.63, 3.8) is 0 Å². The molecule has 1 amide bonds. The van der Waals surface area contributed by atoms with Crippen LogP contribution in [0.2, 0.25) is 0 Å². The van der Waals surface area contributed by atoms with Gasteiger partial charge in [-0.3, -0.25) is 10.1 Å². The fourth-order valence-corrected chi connectivity index (χ4v) is 1.72. The van der Waals surface area contributed by atoms with Gasteiger partial charge in [-0.2, -0.15) is 5.26 Å². The van der Waals surface area contributed by atoms with Gasteiger partial charge in [0.05, 0.1) is 5.56 Å². The van der Waals surface area contributed by atoms with Gasteiger partial charge < -0.3 is 4.42 Å². The van der Waals surface area contributed by atoms with Gasteiger partial charge in [-0.15, -0.1) is 0 Å². The molecule has 0 atom stereocenters. The Kier molecular flexibility index (Phi) is 3.72. The molecule has 0 fully saturated rings. The molecule has 0 aliphatic carbocycles. The largest absolute Gasteiger partial charge is 0.444 e. The summed E-state index contributed by atoms with van der Waals surface area (Å²) in [5.74, 6) is -5.54. The third-order valence-corrected chi connectivity index (χ3v) is 3.00. The first-order chi connectivity index (χ1) is 9.86. The van der Waals surface area contributed by atoms with Gasteiger partial charge in [0.15, 0.2) is 17.5 Å². The number of furan rings is 1. The Morgan fingerprint density at radius 3 is 2.52 bits per heavy atom. The lowest BCUT2D eigenvalue weighted by Crippen LogP contribution is -2.15. The van der Waals surface area contributed by atoms with Gasteiger partial charge in [-0.1, -0.05) is 0 Å². The van der Waals surface area contributed by atoms with Crippen LogP contribution in [0.25, 0.3) is 0 Å². The summed E-state index contributed by atoms with van der Waals surface area (Å²) in [6.45, 7) is 3.20. The second-order valence-corrected chi connectivity index (χ2v) is 4.28. The summed E-state index contributed by atoms with van der Waals surface area (Å²) in [6, 6.07) is 3.28. The van der Waals surface area contributed by atoms with Crippen molar-refractivity contribution in [3.8, 4) is 6.07 Å². The second kappa shape index (κ2) is 5.32. The van der Waals surface area contributed by atoms with Gasteiger partial charge in [0.1, 0.15) is 17.4 Å². The predicted octanol–water partition coefficient (Wildman–Crippen LogP) is 3.44. The number of carbonyl (C=O) groups is 1. The third-order valence-electron chi connectivity index (χ3n) is 3.00. The van der Waals surface area contributed by atoms with E-state index in [-0.39, 0.29) is 11.4 Å². The SMILES string of the molecule is Cc1oc(NC(=O)c2ccc(F)c(F)c2F)c(C#N)c1C. The number of nitrogens with zero attached hydrogens (tertiary/aromatic N) is 1. The minimum Gasteiger partial charge on any atom is -0.444 e. The lowest BCUT2D eigenvalue weighted by Gasteiger charge is -2.05. The number of hydrogen-bond acceptors (Lipinski definition) is 3. The molecule has 0 aliphatic rings. The van der Waals surface area contributed by atoms with Crippen molar-refractivity contribution in [2.75, 3.05) is 5.32 Å². The summed E-state index contributed by atoms with van der Waals surface area (Å²) in [6.07, 6.45) is 0. The summed E-state index contributed by atoms with van der Waals surface area (Å²) < 4.78 is 44.6. The van der Waals surface area contributed by atoms with Crippen LogP contribution in [-0.4, -0.2) is 5.91 Å². The number of amides is 1. The third kappa shape index (κ3) is 2.48. The number of nitriles is 1. The molecule has 1 N–H and O–H groups in total. The van der Waals surface area contributed by atoms with E-state index >= 15 is 0 Å². The number of halogens is 3. The maximum atomic E-state index is 13.5. The van der Waals surface area contributed by atoms with Crippen LogP contribution >= 0.6 is 0 Å². The smallest absolute Gasteiger partial charge is 0.261 e. The molecule has 108 valence electrons. The van der Waals surface area contributed by atoms with E-state index in [0.29, 0.717) is 17.4 Å². The Bertz CT molecular complexity index is 776. The molecular formula is C14H9F3N2O2. The van der Waals surface area contributed by atoms with Crippen molar-refractivity contribution < 1.29 is 22.4 Å². The van der Waals surface area contributed by atoms with E-state index in [0.717, 1.165) is 6.07 Å². The highest BCUT2D eigenvalue weighted by Gasteiger charge is 2.22. The topological polar surface area (TPSA) is 66.0 Å². The summed E-state index contributed by atoms with van der Waals surface area (Å²) in [7, 11) is 0. The van der Waals surface area contributed by atoms with Gasteiger partial charge in [-0.25, -0.2) is 13.2 Å². The summed E-state index contributed by atoms with van der Waals surface area (Å²) >= 11 is 0. The molecule has 1 heterocycles. The quantitative estimate of drug-likeness (QED) is 0.863. The monoisotopic (exact) mass is 294 g/mol. The predicted molar refractivity (Wildman–Crippen MR) is 67.2 cm³/mol. The molecule has 1 aromatic heterocycles. The Hall–Kier alpha value is -2.75. The number of rotatable bonds is 2. The van der Waals surface area contributed by atoms with Crippen LogP contribution in [0.15, 0.2) is 16.5 Å². The molecule has 0 unspecified atom stereocenters. The van der Waals surface area contributed by atoms with Crippen LogP contribution in [0, 0.1) is 42.6 Å². The average Bonchev–Trinajstić information content (AvgIpc) is 2.70. The van der Waals surface area contributed by atoms with E-state index < -0.39 is 28.9 Å². The highest BCUT2D eigenvalue weighted by Crippen LogP contribution is 2.26. The zero-order valence-electron chi connectivity index (χ0n) is 11.1. The summed E-state index contributed by atoms with van der Waals surface area (Å²) in [5.41, 5.74) is -0.0769. The van der Waals surface area contributed by atoms with Crippen LogP contribution < -0.4 is 5.32 Å². The molecule has 1 aromatic carbocycles. The molecule has 7 heteroatoms. The lowest BCUT2D eigenvalue weighted by atomic mass is 10.1. The van der Waals surface area contributed by atoms with Crippen LogP contribution in [0.5, 0.6) is 0 Å². The fourth-order valence-electron chi connectivity index (χ4n) is 1.72. The van der Waals surface area contributed by atoms with Gasteiger partial charge in [0, 0.05) is 5.56 Å². The first-order valence-electron chi connectivity index (χ1n) is 5.81. The van der Waals surface area contributed by atoms with Crippen molar-refractivity contribution in [3.05, 3.63) is 52.0 Å². The summed E-state index contributed by atoms with van der Waals surface area (Å²) in [4.78, 5) is 11.9. The zero-order chi connectivity index (χ0) is 15.7. The van der Waals surface area contributed by atoms with Crippen molar-refractivity contribution in [2.24, 2.45) is 0 Å². The number of anilines is 1. The zero-order valence-corrected chi connectivity index (χ0v) is 11.1. The van der Waals surface area contributed by atoms with Gasteiger partial charge in [0.25, 0.3) is 5.91 Å². The Balaban J connectivity index is 2.38. The van der Waals surface area contributed by atoms with Crippen LogP contribution in [0.4, 0.5) is 19.1 Å². The number of carbonyl (C=O) groups excluding carboxylic acids is 1. The van der Waals surface area contributed by atoms with Crippen molar-refractivity contribution in [1.29, 1.82) is 5.26 Å². The molecular weight excluding hydrogens is 285 g/mol. The normalized spacial score (nSPS) is 10.3. The Morgan fingerprint density at radius 2 is 1.90 bits per heavy atom. The van der Waals surface area contributed by atoms with Crippen molar-refractivity contribution in [1.82, 2.24) is 0 Å². The number of nitrogens with one attached hydrogen (secondary N) is 1. The van der Waals surface area contributed by atoms with E-state index in [1.807, 2.05) is 6.07 Å². The highest BCUT2D eigenvalue weighted by atomic mass is 19.2. The molecule has 21 heavy (non-hydrogen) atoms. The lowest BCUT2D eigenvalue weighted by molar-refractivity contribution is 0.101. The van der Waals surface area contributed by atoms with Crippen LogP contribution in [0.1, 0.15) is 27.2 Å². The second-order valence-electron chi connectivity index (χ2n) is 4.28. The van der Waals surface area contributed by atoms with E-state index in [4.69, 9.17) is 9.68 Å².